The maximum atomic E-state index is 10.2. The van der Waals surface area contributed by atoms with Crippen LogP contribution < -0.4 is 4.90 Å². The van der Waals surface area contributed by atoms with Gasteiger partial charge in [-0.2, -0.15) is 0 Å². The summed E-state index contributed by atoms with van der Waals surface area (Å²) in [5, 5.41) is 11.0. The lowest BCUT2D eigenvalue weighted by Gasteiger charge is -2.37. The van der Waals surface area contributed by atoms with Crippen molar-refractivity contribution in [2.45, 2.75) is 32.0 Å². The fraction of sp³-hybridized carbons (Fsp3) is 0.579. The Bertz CT molecular complexity index is 567. The molecule has 132 valence electrons. The Labute approximate surface area is 150 Å². The molecule has 0 amide bonds. The molecule has 1 aromatic carbocycles. The minimum Gasteiger partial charge on any atom is -0.389 e. The van der Waals surface area contributed by atoms with Crippen molar-refractivity contribution in [3.63, 3.8) is 0 Å². The molecule has 1 aliphatic heterocycles. The predicted molar refractivity (Wildman–Crippen MR) is 99.6 cm³/mol. The molecule has 4 nitrogen and oxygen atoms in total. The number of terminal acetylenes is 1. The van der Waals surface area contributed by atoms with Crippen LogP contribution in [0.15, 0.2) is 24.3 Å². The molecule has 1 saturated heterocycles. The highest BCUT2D eigenvalue weighted by molar-refractivity contribution is 6.30. The van der Waals surface area contributed by atoms with Crippen LogP contribution in [0.2, 0.25) is 5.02 Å². The van der Waals surface area contributed by atoms with Gasteiger partial charge in [0.2, 0.25) is 0 Å². The number of β-amino-alcohol motifs (C(OH)–C–C–N with tert-alkyl or cyclic N) is 1. The zero-order valence-electron chi connectivity index (χ0n) is 14.5. The quantitative estimate of drug-likeness (QED) is 0.767. The summed E-state index contributed by atoms with van der Waals surface area (Å²) in [5.41, 5.74) is 0.561. The molecule has 5 heteroatoms. The van der Waals surface area contributed by atoms with E-state index in [2.05, 4.69) is 21.8 Å². The van der Waals surface area contributed by atoms with E-state index in [1.54, 1.807) is 0 Å². The number of benzene rings is 1. The Kier molecular flexibility index (Phi) is 6.94. The van der Waals surface area contributed by atoms with Crippen molar-refractivity contribution in [3.8, 4) is 12.3 Å². The van der Waals surface area contributed by atoms with Gasteiger partial charge in [0, 0.05) is 43.4 Å². The number of anilines is 1. The van der Waals surface area contributed by atoms with Gasteiger partial charge in [-0.25, -0.2) is 0 Å². The summed E-state index contributed by atoms with van der Waals surface area (Å²) in [6, 6.07) is 7.93. The van der Waals surface area contributed by atoms with Crippen molar-refractivity contribution in [1.82, 2.24) is 4.90 Å². The molecular weight excluding hydrogens is 324 g/mol. The molecule has 0 aromatic heterocycles. The van der Waals surface area contributed by atoms with Crippen LogP contribution in [0.5, 0.6) is 0 Å². The van der Waals surface area contributed by atoms with E-state index in [0.717, 1.165) is 43.3 Å². The molecule has 1 heterocycles. The van der Waals surface area contributed by atoms with Gasteiger partial charge in [0.05, 0.1) is 12.7 Å². The molecule has 24 heavy (non-hydrogen) atoms. The fourth-order valence-corrected chi connectivity index (χ4v) is 2.92. The lowest BCUT2D eigenvalue weighted by Crippen LogP contribution is -2.49. The fourth-order valence-electron chi connectivity index (χ4n) is 2.74. The third-order valence-corrected chi connectivity index (χ3v) is 4.82. The van der Waals surface area contributed by atoms with Crippen LogP contribution in [0.25, 0.3) is 0 Å². The Balaban J connectivity index is 1.76. The Hall–Kier alpha value is -1.25. The number of hydrogen-bond acceptors (Lipinski definition) is 4. The zero-order chi connectivity index (χ0) is 17.6. The number of halogens is 1. The SMILES string of the molecule is C#C[C@@](C)(CC)OC[C@@H](O)CN1CCN(c2cccc(Cl)c2)CC1. The summed E-state index contributed by atoms with van der Waals surface area (Å²) < 4.78 is 5.70. The molecule has 0 radical (unpaired) electrons. The van der Waals surface area contributed by atoms with Gasteiger partial charge >= 0.3 is 0 Å². The second-order valence-electron chi connectivity index (χ2n) is 6.46. The van der Waals surface area contributed by atoms with E-state index >= 15 is 0 Å². The number of nitrogens with zero attached hydrogens (tertiary/aromatic N) is 2. The number of aliphatic hydroxyl groups excluding tert-OH is 1. The summed E-state index contributed by atoms with van der Waals surface area (Å²) >= 11 is 6.06. The number of ether oxygens (including phenoxy) is 1. The molecule has 0 unspecified atom stereocenters. The van der Waals surface area contributed by atoms with Crippen LogP contribution in [0, 0.1) is 12.3 Å². The Morgan fingerprint density at radius 1 is 1.38 bits per heavy atom. The van der Waals surface area contributed by atoms with Crippen LogP contribution >= 0.6 is 11.6 Å². The van der Waals surface area contributed by atoms with Gasteiger partial charge in [0.15, 0.2) is 0 Å². The number of piperazine rings is 1. The molecule has 0 aliphatic carbocycles. The second-order valence-corrected chi connectivity index (χ2v) is 6.90. The molecule has 2 rings (SSSR count). The monoisotopic (exact) mass is 350 g/mol. The van der Waals surface area contributed by atoms with Crippen LogP contribution in [0.4, 0.5) is 5.69 Å². The van der Waals surface area contributed by atoms with Gasteiger partial charge in [0.25, 0.3) is 0 Å². The molecular formula is C19H27ClN2O2. The standard InChI is InChI=1S/C19H27ClN2O2/c1-4-19(3,5-2)24-15-18(23)14-21-9-11-22(12-10-21)17-8-6-7-16(20)13-17/h1,6-8,13,18,23H,5,9-12,14-15H2,2-3H3/t18-,19-/m0/s1. The van der Waals surface area contributed by atoms with Crippen molar-refractivity contribution in [3.05, 3.63) is 29.3 Å². The molecule has 1 aliphatic rings. The van der Waals surface area contributed by atoms with Crippen LogP contribution in [-0.4, -0.2) is 61.0 Å². The topological polar surface area (TPSA) is 35.9 Å². The third-order valence-electron chi connectivity index (χ3n) is 4.59. The third kappa shape index (κ3) is 5.39. The second kappa shape index (κ2) is 8.73. The van der Waals surface area contributed by atoms with Gasteiger partial charge in [0.1, 0.15) is 5.60 Å². The van der Waals surface area contributed by atoms with E-state index in [9.17, 15) is 5.11 Å². The molecule has 0 spiro atoms. The van der Waals surface area contributed by atoms with Crippen LogP contribution in [0.3, 0.4) is 0 Å². The minimum absolute atomic E-state index is 0.267. The van der Waals surface area contributed by atoms with E-state index in [0.29, 0.717) is 6.54 Å². The lowest BCUT2D eigenvalue weighted by molar-refractivity contribution is -0.0473. The highest BCUT2D eigenvalue weighted by atomic mass is 35.5. The van der Waals surface area contributed by atoms with Gasteiger partial charge < -0.3 is 14.7 Å². The smallest absolute Gasteiger partial charge is 0.125 e. The molecule has 1 fully saturated rings. The first-order chi connectivity index (χ1) is 11.5. The van der Waals surface area contributed by atoms with Crippen molar-refractivity contribution in [1.29, 1.82) is 0 Å². The molecule has 2 atom stereocenters. The van der Waals surface area contributed by atoms with Gasteiger partial charge in [-0.3, -0.25) is 4.90 Å². The summed E-state index contributed by atoms with van der Waals surface area (Å²) in [4.78, 5) is 4.58. The van der Waals surface area contributed by atoms with E-state index in [1.807, 2.05) is 32.0 Å². The maximum Gasteiger partial charge on any atom is 0.125 e. The van der Waals surface area contributed by atoms with Gasteiger partial charge in [-0.05, 0) is 31.5 Å². The van der Waals surface area contributed by atoms with Crippen molar-refractivity contribution in [2.24, 2.45) is 0 Å². The van der Waals surface area contributed by atoms with E-state index in [-0.39, 0.29) is 6.61 Å². The summed E-state index contributed by atoms with van der Waals surface area (Å²) in [6.45, 7) is 8.39. The minimum atomic E-state index is -0.591. The largest absolute Gasteiger partial charge is 0.389 e. The van der Waals surface area contributed by atoms with Crippen molar-refractivity contribution < 1.29 is 9.84 Å². The first-order valence-electron chi connectivity index (χ1n) is 8.48. The first kappa shape index (κ1) is 19.1. The van der Waals surface area contributed by atoms with Gasteiger partial charge in [-0.1, -0.05) is 30.5 Å². The Morgan fingerprint density at radius 3 is 2.67 bits per heavy atom. The molecule has 1 aromatic rings. The number of rotatable bonds is 7. The lowest BCUT2D eigenvalue weighted by atomic mass is 10.1. The number of aliphatic hydroxyl groups is 1. The highest BCUT2D eigenvalue weighted by Crippen LogP contribution is 2.21. The van der Waals surface area contributed by atoms with Crippen molar-refractivity contribution >= 4 is 17.3 Å². The van der Waals surface area contributed by atoms with Crippen molar-refractivity contribution in [2.75, 3.05) is 44.2 Å². The first-order valence-corrected chi connectivity index (χ1v) is 8.86. The van der Waals surface area contributed by atoms with E-state index in [1.165, 1.54) is 0 Å². The summed E-state index contributed by atoms with van der Waals surface area (Å²) in [7, 11) is 0. The average molecular weight is 351 g/mol. The Morgan fingerprint density at radius 2 is 2.08 bits per heavy atom. The van der Waals surface area contributed by atoms with Crippen LogP contribution in [0.1, 0.15) is 20.3 Å². The molecule has 0 saturated carbocycles. The summed E-state index contributed by atoms with van der Waals surface area (Å²) in [6.07, 6.45) is 5.69. The van der Waals surface area contributed by atoms with Gasteiger partial charge in [-0.15, -0.1) is 6.42 Å². The highest BCUT2D eigenvalue weighted by Gasteiger charge is 2.23. The maximum absolute atomic E-state index is 10.2. The molecule has 1 N–H and O–H groups in total. The van der Waals surface area contributed by atoms with E-state index in [4.69, 9.17) is 22.8 Å². The zero-order valence-corrected chi connectivity index (χ0v) is 15.3. The average Bonchev–Trinajstić information content (AvgIpc) is 2.60. The number of hydrogen-bond donors (Lipinski definition) is 1. The van der Waals surface area contributed by atoms with E-state index < -0.39 is 11.7 Å². The normalized spacial score (nSPS) is 19.5. The summed E-state index contributed by atoms with van der Waals surface area (Å²) in [5.74, 6) is 2.65. The predicted octanol–water partition coefficient (Wildman–Crippen LogP) is 2.64. The molecule has 0 bridgehead atoms. The van der Waals surface area contributed by atoms with Crippen LogP contribution in [-0.2, 0) is 4.74 Å².